The van der Waals surface area contributed by atoms with Gasteiger partial charge >= 0.3 is 0 Å². The number of hydrogen-bond donors (Lipinski definition) is 1. The van der Waals surface area contributed by atoms with Gasteiger partial charge in [-0.3, -0.25) is 4.79 Å². The van der Waals surface area contributed by atoms with Crippen molar-refractivity contribution in [1.82, 2.24) is 14.9 Å². The Bertz CT molecular complexity index is 1170. The molecule has 2 aromatic heterocycles. The predicted octanol–water partition coefficient (Wildman–Crippen LogP) is 5.60. The topological polar surface area (TPSA) is 69.3 Å². The summed E-state index contributed by atoms with van der Waals surface area (Å²) in [7, 11) is 0. The number of furan rings is 1. The van der Waals surface area contributed by atoms with Crippen molar-refractivity contribution in [1.29, 1.82) is 0 Å². The first kappa shape index (κ1) is 21.7. The van der Waals surface area contributed by atoms with Crippen molar-refractivity contribution in [3.05, 3.63) is 83.6 Å². The number of ether oxygens (including phenoxy) is 1. The van der Waals surface area contributed by atoms with E-state index in [2.05, 4.69) is 48.0 Å². The highest BCUT2D eigenvalue weighted by atomic mass is 16.5. The number of benzene rings is 2. The minimum atomic E-state index is -0.258. The lowest BCUT2D eigenvalue weighted by Crippen LogP contribution is -2.28. The van der Waals surface area contributed by atoms with E-state index in [-0.39, 0.29) is 11.9 Å². The molecule has 6 nitrogen and oxygen atoms in total. The van der Waals surface area contributed by atoms with E-state index in [1.54, 1.807) is 12.1 Å². The Morgan fingerprint density at radius 3 is 2.62 bits per heavy atom. The molecule has 0 aliphatic carbocycles. The summed E-state index contributed by atoms with van der Waals surface area (Å²) in [4.78, 5) is 17.2. The zero-order valence-electron chi connectivity index (χ0n) is 18.8. The number of carbonyl (C=O) groups is 1. The number of rotatable bonds is 9. The van der Waals surface area contributed by atoms with E-state index in [9.17, 15) is 4.79 Å². The van der Waals surface area contributed by atoms with Crippen LogP contribution in [0.25, 0.3) is 11.0 Å². The van der Waals surface area contributed by atoms with Crippen molar-refractivity contribution in [2.24, 2.45) is 0 Å². The van der Waals surface area contributed by atoms with Crippen molar-refractivity contribution in [3.8, 4) is 5.75 Å². The molecule has 6 heteroatoms. The Hall–Kier alpha value is -3.54. The number of unbranched alkanes of at least 4 members (excludes halogenated alkanes) is 1. The van der Waals surface area contributed by atoms with E-state index in [0.29, 0.717) is 12.4 Å². The monoisotopic (exact) mass is 431 g/mol. The summed E-state index contributed by atoms with van der Waals surface area (Å²) < 4.78 is 13.4. The van der Waals surface area contributed by atoms with E-state index in [4.69, 9.17) is 14.1 Å². The second-order valence-electron chi connectivity index (χ2n) is 8.16. The second-order valence-corrected chi connectivity index (χ2v) is 8.16. The van der Waals surface area contributed by atoms with Crippen LogP contribution in [0.3, 0.4) is 0 Å². The van der Waals surface area contributed by atoms with Crippen LogP contribution in [0.1, 0.15) is 53.3 Å². The van der Waals surface area contributed by atoms with Gasteiger partial charge in [-0.05, 0) is 81.1 Å². The highest BCUT2D eigenvalue weighted by molar-refractivity contribution is 5.91. The molecule has 0 bridgehead atoms. The first-order chi connectivity index (χ1) is 15.5. The highest BCUT2D eigenvalue weighted by Crippen LogP contribution is 2.22. The molecule has 1 N–H and O–H groups in total. The Morgan fingerprint density at radius 2 is 1.88 bits per heavy atom. The maximum Gasteiger partial charge on any atom is 0.287 e. The van der Waals surface area contributed by atoms with Crippen molar-refractivity contribution >= 4 is 16.9 Å². The number of carbonyl (C=O) groups excluding carboxylic acids is 1. The Balaban J connectivity index is 1.41. The summed E-state index contributed by atoms with van der Waals surface area (Å²) in [6.07, 6.45) is 3.36. The predicted molar refractivity (Wildman–Crippen MR) is 125 cm³/mol. The smallest absolute Gasteiger partial charge is 0.287 e. The average molecular weight is 432 g/mol. The molecule has 0 saturated carbocycles. The Labute approximate surface area is 188 Å². The molecule has 0 fully saturated rings. The number of aromatic nitrogens is 2. The number of hydrogen-bond acceptors (Lipinski definition) is 4. The van der Waals surface area contributed by atoms with Crippen LogP contribution in [0.4, 0.5) is 0 Å². The molecule has 0 saturated heterocycles. The molecule has 0 spiro atoms. The third-order valence-corrected chi connectivity index (χ3v) is 5.40. The van der Waals surface area contributed by atoms with Crippen molar-refractivity contribution in [3.63, 3.8) is 0 Å². The number of imidazole rings is 1. The van der Waals surface area contributed by atoms with Crippen LogP contribution < -0.4 is 10.1 Å². The lowest BCUT2D eigenvalue weighted by Gasteiger charge is -2.16. The maximum atomic E-state index is 12.4. The van der Waals surface area contributed by atoms with E-state index in [0.717, 1.165) is 42.0 Å². The van der Waals surface area contributed by atoms with E-state index >= 15 is 0 Å². The van der Waals surface area contributed by atoms with Gasteiger partial charge in [-0.2, -0.15) is 0 Å². The number of nitrogens with one attached hydrogen (secondary N) is 1. The first-order valence-electron chi connectivity index (χ1n) is 11.0. The van der Waals surface area contributed by atoms with Gasteiger partial charge < -0.3 is 19.0 Å². The van der Waals surface area contributed by atoms with Crippen LogP contribution in [0.15, 0.2) is 65.3 Å². The van der Waals surface area contributed by atoms with E-state index < -0.39 is 0 Å². The fourth-order valence-corrected chi connectivity index (χ4v) is 3.98. The van der Waals surface area contributed by atoms with Gasteiger partial charge in [-0.25, -0.2) is 4.98 Å². The molecule has 1 amide bonds. The molecule has 166 valence electrons. The highest BCUT2D eigenvalue weighted by Gasteiger charge is 2.20. The van der Waals surface area contributed by atoms with Gasteiger partial charge in [0.2, 0.25) is 0 Å². The lowest BCUT2D eigenvalue weighted by atomic mass is 10.1. The van der Waals surface area contributed by atoms with E-state index in [1.807, 2.05) is 25.1 Å². The molecular weight excluding hydrogens is 402 g/mol. The molecule has 4 aromatic rings. The molecule has 0 aliphatic rings. The molecular formula is C26H29N3O3. The Morgan fingerprint density at radius 1 is 1.09 bits per heavy atom. The third kappa shape index (κ3) is 5.02. The quantitative estimate of drug-likeness (QED) is 0.350. The summed E-state index contributed by atoms with van der Waals surface area (Å²) in [5.74, 6) is 1.80. The minimum Gasteiger partial charge on any atom is -0.494 e. The maximum absolute atomic E-state index is 12.4. The van der Waals surface area contributed by atoms with Gasteiger partial charge in [-0.15, -0.1) is 0 Å². The summed E-state index contributed by atoms with van der Waals surface area (Å²) in [5.41, 5.74) is 4.41. The zero-order valence-corrected chi connectivity index (χ0v) is 18.8. The largest absolute Gasteiger partial charge is 0.494 e. The van der Waals surface area contributed by atoms with Crippen LogP contribution in [0, 0.1) is 13.8 Å². The molecule has 0 unspecified atom stereocenters. The number of nitrogens with zero attached hydrogens (tertiary/aromatic N) is 2. The SMILES string of the molecule is Cc1cc(C)cc(OCCCCn2c([C@H](C)NC(=O)c3ccco3)nc3ccccc32)c1. The first-order valence-corrected chi connectivity index (χ1v) is 11.0. The number of aryl methyl sites for hydroxylation is 3. The Kier molecular flexibility index (Phi) is 6.59. The fourth-order valence-electron chi connectivity index (χ4n) is 3.98. The summed E-state index contributed by atoms with van der Waals surface area (Å²) in [5, 5.41) is 2.99. The van der Waals surface area contributed by atoms with Gasteiger partial charge in [0.1, 0.15) is 11.6 Å². The summed E-state index contributed by atoms with van der Waals surface area (Å²) >= 11 is 0. The van der Waals surface area contributed by atoms with Gasteiger partial charge in [0.05, 0.1) is 29.9 Å². The lowest BCUT2D eigenvalue weighted by molar-refractivity contribution is 0.0909. The number of amides is 1. The van der Waals surface area contributed by atoms with Crippen molar-refractivity contribution in [2.45, 2.75) is 46.2 Å². The van der Waals surface area contributed by atoms with Crippen LogP contribution in [0.2, 0.25) is 0 Å². The zero-order chi connectivity index (χ0) is 22.5. The van der Waals surface area contributed by atoms with Gasteiger partial charge in [0.25, 0.3) is 5.91 Å². The van der Waals surface area contributed by atoms with Crippen LogP contribution in [0.5, 0.6) is 5.75 Å². The second kappa shape index (κ2) is 9.73. The third-order valence-electron chi connectivity index (χ3n) is 5.40. The number of fused-ring (bicyclic) bond motifs is 1. The van der Waals surface area contributed by atoms with E-state index in [1.165, 1.54) is 17.4 Å². The molecule has 32 heavy (non-hydrogen) atoms. The molecule has 2 heterocycles. The minimum absolute atomic E-state index is 0.247. The standard InChI is InChI=1S/C26H29N3O3/c1-18-15-19(2)17-21(16-18)31-13-7-6-12-29-23-10-5-4-9-22(23)28-25(29)20(3)27-26(30)24-11-8-14-32-24/h4-5,8-11,14-17,20H,6-7,12-13H2,1-3H3,(H,27,30)/t20-/m0/s1. The fraction of sp³-hybridized carbons (Fsp3) is 0.308. The van der Waals surface area contributed by atoms with Gasteiger partial charge in [0.15, 0.2) is 5.76 Å². The van der Waals surface area contributed by atoms with Gasteiger partial charge in [-0.1, -0.05) is 18.2 Å². The van der Waals surface area contributed by atoms with Crippen molar-refractivity contribution in [2.75, 3.05) is 6.61 Å². The van der Waals surface area contributed by atoms with Crippen LogP contribution >= 0.6 is 0 Å². The summed E-state index contributed by atoms with van der Waals surface area (Å²) in [6.45, 7) is 7.57. The molecule has 4 rings (SSSR count). The average Bonchev–Trinajstić information content (AvgIpc) is 3.41. The number of para-hydroxylation sites is 2. The molecule has 1 atom stereocenters. The van der Waals surface area contributed by atoms with Crippen LogP contribution in [-0.2, 0) is 6.54 Å². The normalized spacial score (nSPS) is 12.1. The summed E-state index contributed by atoms with van der Waals surface area (Å²) in [6, 6.07) is 17.4. The van der Waals surface area contributed by atoms with Crippen LogP contribution in [-0.4, -0.2) is 22.1 Å². The molecule has 0 radical (unpaired) electrons. The van der Waals surface area contributed by atoms with Crippen molar-refractivity contribution < 1.29 is 13.9 Å². The van der Waals surface area contributed by atoms with Gasteiger partial charge in [0, 0.05) is 6.54 Å². The molecule has 2 aromatic carbocycles. The molecule has 0 aliphatic heterocycles.